The van der Waals surface area contributed by atoms with E-state index in [1.165, 1.54) is 33.0 Å². The number of aromatic nitrogens is 3. The number of rotatable bonds is 4. The van der Waals surface area contributed by atoms with Gasteiger partial charge in [0.1, 0.15) is 0 Å². The van der Waals surface area contributed by atoms with Crippen LogP contribution in [0, 0.1) is 6.57 Å². The summed E-state index contributed by atoms with van der Waals surface area (Å²) in [7, 11) is 0. The largest absolute Gasteiger partial charge is 0.309 e. The molecule has 0 unspecified atom stereocenters. The maximum atomic E-state index is 8.03. The molecule has 10 rings (SSSR count). The Balaban J connectivity index is 1.29. The Hall–Kier alpha value is -6.83. The van der Waals surface area contributed by atoms with Gasteiger partial charge in [-0.25, -0.2) is 14.8 Å². The van der Waals surface area contributed by atoms with E-state index in [9.17, 15) is 0 Å². The zero-order valence-electron chi connectivity index (χ0n) is 28.8. The van der Waals surface area contributed by atoms with E-state index < -0.39 is 0 Å². The molecule has 0 radical (unpaired) electrons. The quantitative estimate of drug-likeness (QED) is 0.176. The third-order valence-electron chi connectivity index (χ3n) is 10.8. The molecule has 0 aliphatic heterocycles. The van der Waals surface area contributed by atoms with Crippen LogP contribution in [0.25, 0.3) is 88.1 Å². The Bertz CT molecular complexity index is 2940. The second-order valence-corrected chi connectivity index (χ2v) is 14.1. The van der Waals surface area contributed by atoms with Gasteiger partial charge in [-0.1, -0.05) is 129 Å². The molecule has 0 fully saturated rings. The second-order valence-electron chi connectivity index (χ2n) is 14.1. The van der Waals surface area contributed by atoms with E-state index in [4.69, 9.17) is 16.5 Å². The maximum Gasteiger partial charge on any atom is 0.194 e. The van der Waals surface area contributed by atoms with Gasteiger partial charge in [0.2, 0.25) is 0 Å². The Morgan fingerprint density at radius 2 is 1.21 bits per heavy atom. The average Bonchev–Trinajstić information content (AvgIpc) is 3.64. The summed E-state index contributed by atoms with van der Waals surface area (Å²) in [6.45, 7) is 12.7. The van der Waals surface area contributed by atoms with Crippen molar-refractivity contribution in [3.63, 3.8) is 0 Å². The molecule has 1 aliphatic carbocycles. The standard InChI is InChI=1S/C48H32N4/c1-48(2)40-21-11-7-18-35(40)38-28-39-36-19-10-14-24-44(36)52(45(39)29-41(38)48)33-26-31(34-17-8-12-22-42(34)49-3)25-32(27-33)47-50-43-23-13-9-20-37(43)46(51-47)30-15-5-4-6-16-30/h4-29H,1-2H3. The van der Waals surface area contributed by atoms with Crippen molar-refractivity contribution in [2.45, 2.75) is 19.3 Å². The van der Waals surface area contributed by atoms with Crippen LogP contribution in [0.1, 0.15) is 25.0 Å². The van der Waals surface area contributed by atoms with E-state index >= 15 is 0 Å². The molecule has 244 valence electrons. The summed E-state index contributed by atoms with van der Waals surface area (Å²) >= 11 is 0. The lowest BCUT2D eigenvalue weighted by atomic mass is 9.82. The van der Waals surface area contributed by atoms with Gasteiger partial charge >= 0.3 is 0 Å². The fraction of sp³-hybridized carbons (Fsp3) is 0.0625. The highest BCUT2D eigenvalue weighted by atomic mass is 15.0. The van der Waals surface area contributed by atoms with Crippen LogP contribution in [0.4, 0.5) is 5.69 Å². The number of hydrogen-bond donors (Lipinski definition) is 0. The first-order chi connectivity index (χ1) is 25.5. The first-order valence-electron chi connectivity index (χ1n) is 17.6. The highest BCUT2D eigenvalue weighted by Gasteiger charge is 2.36. The van der Waals surface area contributed by atoms with Gasteiger partial charge in [-0.15, -0.1) is 0 Å². The summed E-state index contributed by atoms with van der Waals surface area (Å²) in [5.74, 6) is 0.638. The van der Waals surface area contributed by atoms with Crippen molar-refractivity contribution in [2.75, 3.05) is 0 Å². The molecule has 0 bridgehead atoms. The molecule has 7 aromatic carbocycles. The highest BCUT2D eigenvalue weighted by molar-refractivity contribution is 6.12. The van der Waals surface area contributed by atoms with Crippen LogP contribution in [-0.2, 0) is 5.41 Å². The fourth-order valence-electron chi connectivity index (χ4n) is 8.30. The van der Waals surface area contributed by atoms with Crippen molar-refractivity contribution in [1.82, 2.24) is 14.5 Å². The summed E-state index contributed by atoms with van der Waals surface area (Å²) in [5, 5.41) is 3.42. The summed E-state index contributed by atoms with van der Waals surface area (Å²) in [6.07, 6.45) is 0. The van der Waals surface area contributed by atoms with Crippen molar-refractivity contribution in [1.29, 1.82) is 0 Å². The normalized spacial score (nSPS) is 12.9. The molecule has 1 aliphatic rings. The Morgan fingerprint density at radius 1 is 0.519 bits per heavy atom. The van der Waals surface area contributed by atoms with Gasteiger partial charge in [-0.3, -0.25) is 0 Å². The average molecular weight is 665 g/mol. The van der Waals surface area contributed by atoms with E-state index in [2.05, 4.69) is 126 Å². The maximum absolute atomic E-state index is 8.03. The predicted molar refractivity (Wildman–Crippen MR) is 214 cm³/mol. The van der Waals surface area contributed by atoms with Gasteiger partial charge in [0, 0.05) is 38.4 Å². The smallest absolute Gasteiger partial charge is 0.194 e. The lowest BCUT2D eigenvalue weighted by Gasteiger charge is -2.22. The number of nitrogens with zero attached hydrogens (tertiary/aromatic N) is 4. The van der Waals surface area contributed by atoms with Gasteiger partial charge in [0.05, 0.1) is 28.8 Å². The van der Waals surface area contributed by atoms with E-state index in [1.807, 2.05) is 54.6 Å². The topological polar surface area (TPSA) is 35.1 Å². The van der Waals surface area contributed by atoms with Crippen LogP contribution in [0.5, 0.6) is 0 Å². The van der Waals surface area contributed by atoms with Gasteiger partial charge < -0.3 is 4.57 Å². The lowest BCUT2D eigenvalue weighted by molar-refractivity contribution is 0.661. The predicted octanol–water partition coefficient (Wildman–Crippen LogP) is 12.6. The van der Waals surface area contributed by atoms with Crippen molar-refractivity contribution in [3.8, 4) is 50.6 Å². The molecule has 0 saturated carbocycles. The van der Waals surface area contributed by atoms with E-state index in [-0.39, 0.29) is 5.41 Å². The minimum Gasteiger partial charge on any atom is -0.309 e. The summed E-state index contributed by atoms with van der Waals surface area (Å²) < 4.78 is 2.39. The third-order valence-corrected chi connectivity index (χ3v) is 10.8. The molecular weight excluding hydrogens is 633 g/mol. The summed E-state index contributed by atoms with van der Waals surface area (Å²) in [5.41, 5.74) is 14.5. The van der Waals surface area contributed by atoms with Crippen LogP contribution in [0.15, 0.2) is 158 Å². The van der Waals surface area contributed by atoms with Gasteiger partial charge in [-0.05, 0) is 75.8 Å². The number of hydrogen-bond acceptors (Lipinski definition) is 2. The summed E-state index contributed by atoms with van der Waals surface area (Å²) in [4.78, 5) is 14.4. The molecule has 4 heteroatoms. The van der Waals surface area contributed by atoms with E-state index in [0.29, 0.717) is 11.5 Å². The zero-order chi connectivity index (χ0) is 35.0. The van der Waals surface area contributed by atoms with Crippen LogP contribution in [-0.4, -0.2) is 14.5 Å². The highest BCUT2D eigenvalue weighted by Crippen LogP contribution is 2.51. The van der Waals surface area contributed by atoms with E-state index in [0.717, 1.165) is 55.6 Å². The molecule has 9 aromatic rings. The SMILES string of the molecule is [C-]#[N+]c1ccccc1-c1cc(-c2nc(-c3ccccc3)c3ccccc3n2)cc(-n2c3ccccc3c3cc4c(cc32)C(C)(C)c2ccccc2-4)c1. The van der Waals surface area contributed by atoms with Gasteiger partial charge in [0.25, 0.3) is 0 Å². The Morgan fingerprint density at radius 3 is 2.06 bits per heavy atom. The molecule has 0 saturated heterocycles. The number of para-hydroxylation sites is 3. The van der Waals surface area contributed by atoms with Crippen LogP contribution < -0.4 is 0 Å². The van der Waals surface area contributed by atoms with Crippen molar-refractivity contribution < 1.29 is 0 Å². The minimum absolute atomic E-state index is 0.143. The van der Waals surface area contributed by atoms with Crippen molar-refractivity contribution >= 4 is 38.4 Å². The fourth-order valence-corrected chi connectivity index (χ4v) is 8.30. The molecule has 2 heterocycles. The monoisotopic (exact) mass is 664 g/mol. The minimum atomic E-state index is -0.143. The van der Waals surface area contributed by atoms with Crippen LogP contribution >= 0.6 is 0 Å². The zero-order valence-corrected chi connectivity index (χ0v) is 28.8. The first kappa shape index (κ1) is 30.0. The number of benzene rings is 7. The Kier molecular flexibility index (Phi) is 6.55. The molecule has 2 aromatic heterocycles. The van der Waals surface area contributed by atoms with Crippen LogP contribution in [0.2, 0.25) is 0 Å². The number of fused-ring (bicyclic) bond motifs is 7. The first-order valence-corrected chi connectivity index (χ1v) is 17.6. The molecule has 0 spiro atoms. The second kappa shape index (κ2) is 11.3. The van der Waals surface area contributed by atoms with Crippen molar-refractivity contribution in [3.05, 3.63) is 180 Å². The molecule has 0 amide bonds. The van der Waals surface area contributed by atoms with Crippen molar-refractivity contribution in [2.24, 2.45) is 0 Å². The van der Waals surface area contributed by atoms with E-state index in [1.54, 1.807) is 0 Å². The molecule has 0 N–H and O–H groups in total. The molecular formula is C48H32N4. The Labute approximate surface area is 302 Å². The van der Waals surface area contributed by atoms with Gasteiger partial charge in [0.15, 0.2) is 11.5 Å². The van der Waals surface area contributed by atoms with Crippen LogP contribution in [0.3, 0.4) is 0 Å². The lowest BCUT2D eigenvalue weighted by Crippen LogP contribution is -2.15. The third kappa shape index (κ3) is 4.46. The molecule has 4 nitrogen and oxygen atoms in total. The summed E-state index contributed by atoms with van der Waals surface area (Å²) in [6, 6.07) is 55.2. The molecule has 52 heavy (non-hydrogen) atoms. The molecule has 0 atom stereocenters. The van der Waals surface area contributed by atoms with Gasteiger partial charge in [-0.2, -0.15) is 0 Å².